The Morgan fingerprint density at radius 2 is 2.00 bits per heavy atom. The minimum atomic E-state index is -3.52. The van der Waals surface area contributed by atoms with Crippen LogP contribution in [0.3, 0.4) is 0 Å². The van der Waals surface area contributed by atoms with Gasteiger partial charge in [0.15, 0.2) is 0 Å². The van der Waals surface area contributed by atoms with E-state index in [-0.39, 0.29) is 24.5 Å². The molecular formula is C13H17ClN4O2S2. The van der Waals surface area contributed by atoms with Crippen LogP contribution in [0.15, 0.2) is 23.1 Å². The van der Waals surface area contributed by atoms with Crippen LogP contribution in [0.4, 0.5) is 0 Å². The Morgan fingerprint density at radius 3 is 2.68 bits per heavy atom. The number of aromatic nitrogens is 2. The van der Waals surface area contributed by atoms with Crippen molar-refractivity contribution in [1.82, 2.24) is 18.4 Å². The molecule has 2 aliphatic rings. The van der Waals surface area contributed by atoms with E-state index in [1.54, 1.807) is 22.5 Å². The molecule has 0 bridgehead atoms. The van der Waals surface area contributed by atoms with Gasteiger partial charge in [-0.1, -0.05) is 6.07 Å². The Balaban J connectivity index is 0.00000144. The molecule has 9 heteroatoms. The lowest BCUT2D eigenvalue weighted by atomic mass is 10.2. The summed E-state index contributed by atoms with van der Waals surface area (Å²) in [5.41, 5.74) is 1.15. The zero-order valence-corrected chi connectivity index (χ0v) is 14.3. The van der Waals surface area contributed by atoms with E-state index in [1.165, 1.54) is 0 Å². The van der Waals surface area contributed by atoms with Gasteiger partial charge in [0.2, 0.25) is 10.0 Å². The second-order valence-electron chi connectivity index (χ2n) is 5.60. The van der Waals surface area contributed by atoms with Crippen LogP contribution >= 0.6 is 24.1 Å². The molecule has 120 valence electrons. The maximum atomic E-state index is 13.1. The molecule has 0 radical (unpaired) electrons. The van der Waals surface area contributed by atoms with Gasteiger partial charge in [0.25, 0.3) is 0 Å². The lowest BCUT2D eigenvalue weighted by Gasteiger charge is -2.27. The number of sulfonamides is 1. The van der Waals surface area contributed by atoms with Crippen LogP contribution in [0.2, 0.25) is 0 Å². The molecule has 2 aromatic rings. The molecule has 22 heavy (non-hydrogen) atoms. The van der Waals surface area contributed by atoms with E-state index in [1.807, 2.05) is 0 Å². The van der Waals surface area contributed by atoms with Gasteiger partial charge in [0.05, 0.1) is 11.7 Å². The Labute approximate surface area is 139 Å². The quantitative estimate of drug-likeness (QED) is 0.896. The molecule has 1 aromatic heterocycles. The van der Waals surface area contributed by atoms with E-state index < -0.39 is 10.0 Å². The molecule has 0 amide bonds. The maximum Gasteiger partial charge on any atom is 0.245 e. The SMILES string of the molecule is Cl.O=S(=O)(c1cccc2nsnc12)N(C1CC1)C1CCNC1. The third-order valence-corrected chi connectivity index (χ3v) is 6.68. The van der Waals surface area contributed by atoms with Crippen LogP contribution in [0.5, 0.6) is 0 Å². The highest BCUT2D eigenvalue weighted by atomic mass is 35.5. The van der Waals surface area contributed by atoms with Crippen molar-refractivity contribution in [2.75, 3.05) is 13.1 Å². The Hall–Kier alpha value is -0.800. The zero-order valence-electron chi connectivity index (χ0n) is 11.8. The predicted molar refractivity (Wildman–Crippen MR) is 88.0 cm³/mol. The van der Waals surface area contributed by atoms with Gasteiger partial charge in [-0.05, 0) is 37.9 Å². The highest BCUT2D eigenvalue weighted by molar-refractivity contribution is 7.89. The van der Waals surface area contributed by atoms with Gasteiger partial charge >= 0.3 is 0 Å². The molecular weight excluding hydrogens is 344 g/mol. The number of hydrogen-bond acceptors (Lipinski definition) is 6. The third-order valence-electron chi connectivity index (χ3n) is 4.11. The van der Waals surface area contributed by atoms with Gasteiger partial charge in [-0.2, -0.15) is 13.1 Å². The molecule has 1 unspecified atom stereocenters. The van der Waals surface area contributed by atoms with Gasteiger partial charge in [0, 0.05) is 18.6 Å². The fourth-order valence-electron chi connectivity index (χ4n) is 2.98. The van der Waals surface area contributed by atoms with Crippen LogP contribution in [0, 0.1) is 0 Å². The second-order valence-corrected chi connectivity index (χ2v) is 7.94. The topological polar surface area (TPSA) is 75.2 Å². The van der Waals surface area contributed by atoms with Crippen molar-refractivity contribution in [2.45, 2.75) is 36.2 Å². The first-order valence-corrected chi connectivity index (χ1v) is 9.30. The molecule has 2 fully saturated rings. The van der Waals surface area contributed by atoms with E-state index in [2.05, 4.69) is 14.1 Å². The summed E-state index contributed by atoms with van der Waals surface area (Å²) in [5, 5.41) is 3.26. The summed E-state index contributed by atoms with van der Waals surface area (Å²) in [5.74, 6) is 0. The smallest absolute Gasteiger partial charge is 0.245 e. The fraction of sp³-hybridized carbons (Fsp3) is 0.538. The van der Waals surface area contributed by atoms with Crippen molar-refractivity contribution >= 4 is 45.2 Å². The molecule has 1 aliphatic heterocycles. The van der Waals surface area contributed by atoms with Crippen LogP contribution in [-0.4, -0.2) is 46.6 Å². The van der Waals surface area contributed by atoms with Crippen LogP contribution < -0.4 is 5.32 Å². The monoisotopic (exact) mass is 360 g/mol. The van der Waals surface area contributed by atoms with Gasteiger partial charge in [0.1, 0.15) is 15.9 Å². The summed E-state index contributed by atoms with van der Waals surface area (Å²) >= 11 is 1.06. The molecule has 4 rings (SSSR count). The van der Waals surface area contributed by atoms with E-state index >= 15 is 0 Å². The lowest BCUT2D eigenvalue weighted by molar-refractivity contribution is 0.327. The van der Waals surface area contributed by atoms with Gasteiger partial charge in [-0.3, -0.25) is 0 Å². The number of halogens is 1. The van der Waals surface area contributed by atoms with Crippen LogP contribution in [-0.2, 0) is 10.0 Å². The second kappa shape index (κ2) is 6.01. The highest BCUT2D eigenvalue weighted by Gasteiger charge is 2.44. The molecule has 1 aromatic carbocycles. The summed E-state index contributed by atoms with van der Waals surface area (Å²) in [6.45, 7) is 1.62. The van der Waals surface area contributed by atoms with Crippen molar-refractivity contribution < 1.29 is 8.42 Å². The number of fused-ring (bicyclic) bond motifs is 1. The average Bonchev–Trinajstić information content (AvgIpc) is 2.96. The van der Waals surface area contributed by atoms with Crippen molar-refractivity contribution in [3.63, 3.8) is 0 Å². The first kappa shape index (κ1) is 16.1. The Bertz CT molecular complexity index is 769. The van der Waals surface area contributed by atoms with Crippen LogP contribution in [0.1, 0.15) is 19.3 Å². The minimum absolute atomic E-state index is 0. The summed E-state index contributed by atoms with van der Waals surface area (Å²) < 4.78 is 36.3. The molecule has 1 saturated heterocycles. The number of nitrogens with zero attached hydrogens (tertiary/aromatic N) is 3. The van der Waals surface area contributed by atoms with Gasteiger partial charge in [-0.25, -0.2) is 8.42 Å². The number of benzene rings is 1. The standard InChI is InChI=1S/C13H16N4O2S2.ClH/c18-21(19,12-3-1-2-11-13(12)16-20-15-11)17(9-4-5-9)10-6-7-14-8-10;/h1-3,9-10,14H,4-8H2;1H. The molecule has 1 saturated carbocycles. The lowest BCUT2D eigenvalue weighted by Crippen LogP contribution is -2.43. The van der Waals surface area contributed by atoms with E-state index in [9.17, 15) is 8.42 Å². The maximum absolute atomic E-state index is 13.1. The van der Waals surface area contributed by atoms with Gasteiger partial charge in [-0.15, -0.1) is 12.4 Å². The summed E-state index contributed by atoms with van der Waals surface area (Å²) in [7, 11) is -3.52. The average molecular weight is 361 g/mol. The third kappa shape index (κ3) is 2.63. The van der Waals surface area contributed by atoms with Crippen LogP contribution in [0.25, 0.3) is 11.0 Å². The normalized spacial score (nSPS) is 22.1. The molecule has 6 nitrogen and oxygen atoms in total. The van der Waals surface area contributed by atoms with Crippen molar-refractivity contribution in [2.24, 2.45) is 0 Å². The first-order chi connectivity index (χ1) is 10.2. The fourth-order valence-corrected chi connectivity index (χ4v) is 5.63. The molecule has 1 aliphatic carbocycles. The first-order valence-electron chi connectivity index (χ1n) is 7.13. The van der Waals surface area contributed by atoms with E-state index in [0.717, 1.165) is 44.1 Å². The number of rotatable bonds is 4. The van der Waals surface area contributed by atoms with E-state index in [4.69, 9.17) is 0 Å². The number of hydrogen-bond donors (Lipinski definition) is 1. The van der Waals surface area contributed by atoms with Crippen molar-refractivity contribution in [3.8, 4) is 0 Å². The molecule has 1 N–H and O–H groups in total. The zero-order chi connectivity index (χ0) is 14.4. The number of nitrogens with one attached hydrogen (secondary N) is 1. The van der Waals surface area contributed by atoms with Crippen molar-refractivity contribution in [3.05, 3.63) is 18.2 Å². The Kier molecular flexibility index (Phi) is 4.39. The summed E-state index contributed by atoms with van der Waals surface area (Å²) in [6.07, 6.45) is 2.79. The van der Waals surface area contributed by atoms with E-state index in [0.29, 0.717) is 15.9 Å². The molecule has 0 spiro atoms. The summed E-state index contributed by atoms with van der Waals surface area (Å²) in [6, 6.07) is 5.41. The predicted octanol–water partition coefficient (Wildman–Crippen LogP) is 1.63. The Morgan fingerprint density at radius 1 is 1.18 bits per heavy atom. The molecule has 1 atom stereocenters. The van der Waals surface area contributed by atoms with Crippen molar-refractivity contribution in [1.29, 1.82) is 0 Å². The summed E-state index contributed by atoms with van der Waals surface area (Å²) in [4.78, 5) is 0.299. The molecule has 2 heterocycles. The highest BCUT2D eigenvalue weighted by Crippen LogP contribution is 2.36. The minimum Gasteiger partial charge on any atom is -0.315 e. The largest absolute Gasteiger partial charge is 0.315 e. The van der Waals surface area contributed by atoms with Gasteiger partial charge < -0.3 is 5.32 Å².